The van der Waals surface area contributed by atoms with Crippen LogP contribution >= 0.6 is 0 Å². The lowest BCUT2D eigenvalue weighted by atomic mass is 10.7. The number of rotatable bonds is 3. The zero-order valence-corrected chi connectivity index (χ0v) is 7.84. The second-order valence-electron chi connectivity index (χ2n) is 3.05. The van der Waals surface area contributed by atoms with Gasteiger partial charge in [0, 0.05) is 0 Å². The molecule has 0 saturated carbocycles. The summed E-state index contributed by atoms with van der Waals surface area (Å²) in [6.45, 7) is 7.88. The number of aliphatic imine (C=N–C) groups is 1. The van der Waals surface area contributed by atoms with E-state index in [9.17, 15) is 4.79 Å². The summed E-state index contributed by atoms with van der Waals surface area (Å²) in [4.78, 5) is 13.2. The van der Waals surface area contributed by atoms with E-state index in [1.807, 2.05) is 19.6 Å². The van der Waals surface area contributed by atoms with Crippen LogP contribution in [0.15, 0.2) is 4.99 Å². The Labute approximate surface area is 62.2 Å². The maximum absolute atomic E-state index is 9.74. The first-order valence-corrected chi connectivity index (χ1v) is 6.61. The highest BCUT2D eigenvalue weighted by atomic mass is 28.4. The highest BCUT2D eigenvalue weighted by Crippen LogP contribution is 2.06. The van der Waals surface area contributed by atoms with Crippen LogP contribution in [0.2, 0.25) is 19.6 Å². The summed E-state index contributed by atoms with van der Waals surface area (Å²) < 4.78 is 5.39. The molecule has 3 nitrogen and oxygen atoms in total. The van der Waals surface area contributed by atoms with Crippen molar-refractivity contribution in [3.63, 3.8) is 0 Å². The van der Waals surface area contributed by atoms with Crippen LogP contribution in [0.5, 0.6) is 0 Å². The van der Waals surface area contributed by atoms with E-state index in [4.69, 9.17) is 4.43 Å². The summed E-state index contributed by atoms with van der Waals surface area (Å²) in [5.74, 6) is 0. The molecular formula is C6H13NO2Si. The Morgan fingerprint density at radius 1 is 1.50 bits per heavy atom. The molecule has 1 atom stereocenters. The predicted octanol–water partition coefficient (Wildman–Crippen LogP) is 1.52. The van der Waals surface area contributed by atoms with Crippen LogP contribution < -0.4 is 0 Å². The maximum Gasteiger partial charge on any atom is 0.237 e. The summed E-state index contributed by atoms with van der Waals surface area (Å²) in [7, 11) is -1.53. The molecule has 58 valence electrons. The van der Waals surface area contributed by atoms with Crippen molar-refractivity contribution in [1.82, 2.24) is 0 Å². The van der Waals surface area contributed by atoms with E-state index in [1.54, 1.807) is 6.92 Å². The molecule has 1 unspecified atom stereocenters. The van der Waals surface area contributed by atoms with E-state index in [-0.39, 0.29) is 6.23 Å². The van der Waals surface area contributed by atoms with Gasteiger partial charge >= 0.3 is 0 Å². The largest absolute Gasteiger partial charge is 0.396 e. The fraction of sp³-hybridized carbons (Fsp3) is 0.833. The van der Waals surface area contributed by atoms with Gasteiger partial charge in [-0.05, 0) is 26.6 Å². The second kappa shape index (κ2) is 3.66. The van der Waals surface area contributed by atoms with Crippen LogP contribution in [0.4, 0.5) is 0 Å². The van der Waals surface area contributed by atoms with Gasteiger partial charge in [0.15, 0.2) is 8.32 Å². The van der Waals surface area contributed by atoms with Crippen molar-refractivity contribution >= 4 is 14.4 Å². The topological polar surface area (TPSA) is 38.7 Å². The van der Waals surface area contributed by atoms with Gasteiger partial charge in [-0.3, -0.25) is 0 Å². The van der Waals surface area contributed by atoms with E-state index in [0.717, 1.165) is 0 Å². The molecule has 0 aromatic carbocycles. The smallest absolute Gasteiger partial charge is 0.237 e. The molecule has 0 rings (SSSR count). The van der Waals surface area contributed by atoms with Gasteiger partial charge in [-0.2, -0.15) is 4.99 Å². The minimum absolute atomic E-state index is 0.329. The molecule has 0 aliphatic carbocycles. The highest BCUT2D eigenvalue weighted by Gasteiger charge is 2.17. The van der Waals surface area contributed by atoms with E-state index in [2.05, 4.69) is 4.99 Å². The van der Waals surface area contributed by atoms with E-state index < -0.39 is 8.32 Å². The Bertz CT molecular complexity index is 146. The quantitative estimate of drug-likeness (QED) is 0.356. The zero-order valence-electron chi connectivity index (χ0n) is 6.84. The van der Waals surface area contributed by atoms with E-state index in [0.29, 0.717) is 0 Å². The first kappa shape index (κ1) is 9.56. The van der Waals surface area contributed by atoms with Crippen molar-refractivity contribution in [3.8, 4) is 0 Å². The third-order valence-corrected chi connectivity index (χ3v) is 1.81. The normalized spacial score (nSPS) is 14.0. The van der Waals surface area contributed by atoms with Gasteiger partial charge in [-0.15, -0.1) is 0 Å². The van der Waals surface area contributed by atoms with Crippen LogP contribution in [0.1, 0.15) is 6.92 Å². The lowest BCUT2D eigenvalue weighted by Gasteiger charge is -2.19. The van der Waals surface area contributed by atoms with Gasteiger partial charge in [-0.1, -0.05) is 0 Å². The molecule has 0 N–H and O–H groups in total. The third-order valence-electron chi connectivity index (χ3n) is 0.759. The number of isocyanates is 1. The zero-order chi connectivity index (χ0) is 8.20. The Morgan fingerprint density at radius 3 is 2.30 bits per heavy atom. The van der Waals surface area contributed by atoms with Crippen LogP contribution in [0.3, 0.4) is 0 Å². The molecule has 0 aliphatic heterocycles. The number of nitrogens with zero attached hydrogens (tertiary/aromatic N) is 1. The van der Waals surface area contributed by atoms with Gasteiger partial charge in [0.1, 0.15) is 6.23 Å². The minimum atomic E-state index is -1.53. The molecule has 0 spiro atoms. The van der Waals surface area contributed by atoms with Crippen LogP contribution in [0, 0.1) is 0 Å². The number of hydrogen-bond donors (Lipinski definition) is 0. The average Bonchev–Trinajstić information content (AvgIpc) is 1.59. The highest BCUT2D eigenvalue weighted by molar-refractivity contribution is 6.69. The Morgan fingerprint density at radius 2 is 2.00 bits per heavy atom. The second-order valence-corrected chi connectivity index (χ2v) is 7.51. The molecule has 0 aromatic heterocycles. The van der Waals surface area contributed by atoms with E-state index in [1.165, 1.54) is 6.08 Å². The van der Waals surface area contributed by atoms with Crippen molar-refractivity contribution < 1.29 is 9.22 Å². The summed E-state index contributed by atoms with van der Waals surface area (Å²) >= 11 is 0. The van der Waals surface area contributed by atoms with Gasteiger partial charge in [0.05, 0.1) is 0 Å². The Balaban J connectivity index is 3.79. The molecular weight excluding hydrogens is 146 g/mol. The summed E-state index contributed by atoms with van der Waals surface area (Å²) in [6, 6.07) is 0. The molecule has 0 heterocycles. The molecule has 0 aliphatic rings. The standard InChI is InChI=1S/C6H13NO2Si/c1-6(7-5-8)9-10(2,3)4/h6H,1-4H3. The Hall–Kier alpha value is -0.443. The van der Waals surface area contributed by atoms with Crippen molar-refractivity contribution in [2.75, 3.05) is 0 Å². The fourth-order valence-electron chi connectivity index (χ4n) is 0.612. The summed E-state index contributed by atoms with van der Waals surface area (Å²) in [6.07, 6.45) is 1.13. The first-order valence-electron chi connectivity index (χ1n) is 3.20. The molecule has 10 heavy (non-hydrogen) atoms. The lowest BCUT2D eigenvalue weighted by molar-refractivity contribution is 0.224. The number of hydrogen-bond acceptors (Lipinski definition) is 3. The molecule has 0 aromatic rings. The van der Waals surface area contributed by atoms with Gasteiger partial charge in [0.25, 0.3) is 0 Å². The van der Waals surface area contributed by atoms with Gasteiger partial charge < -0.3 is 4.43 Å². The molecule has 0 bridgehead atoms. The first-order chi connectivity index (χ1) is 4.45. The molecule has 0 radical (unpaired) electrons. The van der Waals surface area contributed by atoms with Crippen LogP contribution in [0.25, 0.3) is 0 Å². The summed E-state index contributed by atoms with van der Waals surface area (Å²) in [5, 5.41) is 0. The molecule has 0 saturated heterocycles. The maximum atomic E-state index is 9.74. The Kier molecular flexibility index (Phi) is 3.50. The fourth-order valence-corrected chi connectivity index (χ4v) is 1.69. The minimum Gasteiger partial charge on any atom is -0.396 e. The van der Waals surface area contributed by atoms with Gasteiger partial charge in [0.2, 0.25) is 6.08 Å². The average molecular weight is 159 g/mol. The van der Waals surface area contributed by atoms with Crippen molar-refractivity contribution in [2.45, 2.75) is 32.8 Å². The van der Waals surface area contributed by atoms with Crippen LogP contribution in [-0.4, -0.2) is 20.6 Å². The lowest BCUT2D eigenvalue weighted by Crippen LogP contribution is -2.29. The SMILES string of the molecule is CC(N=C=O)O[Si](C)(C)C. The molecule has 0 fully saturated rings. The monoisotopic (exact) mass is 159 g/mol. The predicted molar refractivity (Wildman–Crippen MR) is 42.0 cm³/mol. The molecule has 0 amide bonds. The van der Waals surface area contributed by atoms with Gasteiger partial charge in [-0.25, -0.2) is 4.79 Å². The van der Waals surface area contributed by atoms with Crippen LogP contribution in [-0.2, 0) is 9.22 Å². The van der Waals surface area contributed by atoms with E-state index >= 15 is 0 Å². The molecule has 4 heteroatoms. The van der Waals surface area contributed by atoms with Crippen molar-refractivity contribution in [3.05, 3.63) is 0 Å². The van der Waals surface area contributed by atoms with Crippen molar-refractivity contribution in [1.29, 1.82) is 0 Å². The summed E-state index contributed by atoms with van der Waals surface area (Å²) in [5.41, 5.74) is 0. The number of carbonyl (C=O) groups excluding carboxylic acids is 1. The van der Waals surface area contributed by atoms with Crippen molar-refractivity contribution in [2.24, 2.45) is 4.99 Å². The third kappa shape index (κ3) is 5.69.